The summed E-state index contributed by atoms with van der Waals surface area (Å²) in [4.78, 5) is 24.0. The SMILES string of the molecule is C[C@@H](CCl)C[C@@H](COC(=O)c1ccccc1)NC(=O)OC(C)(C)C. The van der Waals surface area contributed by atoms with Crippen molar-refractivity contribution in [3.8, 4) is 0 Å². The van der Waals surface area contributed by atoms with Gasteiger partial charge in [-0.2, -0.15) is 0 Å². The fourth-order valence-corrected chi connectivity index (χ4v) is 2.15. The Morgan fingerprint density at radius 3 is 2.38 bits per heavy atom. The van der Waals surface area contributed by atoms with Gasteiger partial charge in [0.05, 0.1) is 11.6 Å². The zero-order chi connectivity index (χ0) is 18.2. The minimum Gasteiger partial charge on any atom is -0.460 e. The first-order valence-electron chi connectivity index (χ1n) is 7.99. The molecule has 0 spiro atoms. The maximum atomic E-state index is 12.0. The molecule has 2 atom stereocenters. The molecule has 0 aliphatic rings. The van der Waals surface area contributed by atoms with E-state index in [0.717, 1.165) is 0 Å². The Balaban J connectivity index is 2.61. The lowest BCUT2D eigenvalue weighted by molar-refractivity contribution is 0.0356. The first-order chi connectivity index (χ1) is 11.2. The highest BCUT2D eigenvalue weighted by molar-refractivity contribution is 6.18. The number of alkyl carbamates (subject to hydrolysis) is 1. The molecule has 0 heterocycles. The summed E-state index contributed by atoms with van der Waals surface area (Å²) >= 11 is 5.85. The Kier molecular flexibility index (Phi) is 8.05. The fourth-order valence-electron chi connectivity index (χ4n) is 2.03. The van der Waals surface area contributed by atoms with Crippen LogP contribution < -0.4 is 5.32 Å². The minimum atomic E-state index is -0.590. The van der Waals surface area contributed by atoms with Gasteiger partial charge in [0, 0.05) is 5.88 Å². The summed E-state index contributed by atoms with van der Waals surface area (Å²) in [5.41, 5.74) is -0.119. The van der Waals surface area contributed by atoms with Crippen molar-refractivity contribution in [1.82, 2.24) is 5.32 Å². The zero-order valence-electron chi connectivity index (χ0n) is 14.7. The number of benzene rings is 1. The van der Waals surface area contributed by atoms with E-state index in [4.69, 9.17) is 21.1 Å². The highest BCUT2D eigenvalue weighted by Gasteiger charge is 2.22. The van der Waals surface area contributed by atoms with Gasteiger partial charge in [-0.25, -0.2) is 9.59 Å². The van der Waals surface area contributed by atoms with Crippen LogP contribution in [0.4, 0.5) is 4.79 Å². The molecule has 0 bridgehead atoms. The molecule has 5 nitrogen and oxygen atoms in total. The molecule has 24 heavy (non-hydrogen) atoms. The van der Waals surface area contributed by atoms with Crippen LogP contribution in [-0.4, -0.2) is 36.2 Å². The maximum absolute atomic E-state index is 12.0. The van der Waals surface area contributed by atoms with Crippen LogP contribution in [0.3, 0.4) is 0 Å². The Morgan fingerprint density at radius 2 is 1.83 bits per heavy atom. The average Bonchev–Trinajstić information content (AvgIpc) is 2.51. The number of nitrogens with one attached hydrogen (secondary N) is 1. The van der Waals surface area contributed by atoms with Crippen LogP contribution in [0.25, 0.3) is 0 Å². The van der Waals surface area contributed by atoms with E-state index in [-0.39, 0.29) is 18.6 Å². The number of ether oxygens (including phenoxy) is 2. The number of rotatable bonds is 7. The summed E-state index contributed by atoms with van der Waals surface area (Å²) in [6, 6.07) is 8.36. The topological polar surface area (TPSA) is 64.6 Å². The van der Waals surface area contributed by atoms with Gasteiger partial charge >= 0.3 is 12.1 Å². The number of halogens is 1. The van der Waals surface area contributed by atoms with Crippen molar-refractivity contribution in [2.45, 2.75) is 45.8 Å². The predicted molar refractivity (Wildman–Crippen MR) is 94.4 cm³/mol. The van der Waals surface area contributed by atoms with Crippen molar-refractivity contribution >= 4 is 23.7 Å². The van der Waals surface area contributed by atoms with Crippen LogP contribution in [0.2, 0.25) is 0 Å². The molecule has 1 amide bonds. The van der Waals surface area contributed by atoms with Crippen LogP contribution in [0.15, 0.2) is 30.3 Å². The summed E-state index contributed by atoms with van der Waals surface area (Å²) in [6.07, 6.45) is 0.0511. The van der Waals surface area contributed by atoms with Crippen molar-refractivity contribution < 1.29 is 19.1 Å². The summed E-state index contributed by atoms with van der Waals surface area (Å²) in [7, 11) is 0. The lowest BCUT2D eigenvalue weighted by Crippen LogP contribution is -2.42. The normalized spacial score (nSPS) is 13.7. The summed E-state index contributed by atoms with van der Waals surface area (Å²) in [5, 5.41) is 2.75. The van der Waals surface area contributed by atoms with Crippen molar-refractivity contribution in [1.29, 1.82) is 0 Å². The van der Waals surface area contributed by atoms with Gasteiger partial charge in [0.15, 0.2) is 0 Å². The van der Waals surface area contributed by atoms with Gasteiger partial charge in [0.25, 0.3) is 0 Å². The number of hydrogen-bond acceptors (Lipinski definition) is 4. The largest absolute Gasteiger partial charge is 0.460 e. The van der Waals surface area contributed by atoms with Crippen molar-refractivity contribution in [3.63, 3.8) is 0 Å². The molecule has 0 saturated carbocycles. The van der Waals surface area contributed by atoms with Gasteiger partial charge in [0.2, 0.25) is 0 Å². The zero-order valence-corrected chi connectivity index (χ0v) is 15.4. The van der Waals surface area contributed by atoms with E-state index in [2.05, 4.69) is 5.32 Å². The molecule has 0 aliphatic carbocycles. The van der Waals surface area contributed by atoms with E-state index < -0.39 is 17.7 Å². The molecule has 1 aromatic rings. The summed E-state index contributed by atoms with van der Waals surface area (Å²) < 4.78 is 10.6. The maximum Gasteiger partial charge on any atom is 0.407 e. The fraction of sp³-hybridized carbons (Fsp3) is 0.556. The molecule has 0 unspecified atom stereocenters. The highest BCUT2D eigenvalue weighted by Crippen LogP contribution is 2.12. The first kappa shape index (κ1) is 20.3. The number of hydrogen-bond donors (Lipinski definition) is 1. The number of alkyl halides is 1. The molecule has 1 rings (SSSR count). The number of carbonyl (C=O) groups excluding carboxylic acids is 2. The Hall–Kier alpha value is -1.75. The van der Waals surface area contributed by atoms with Gasteiger partial charge < -0.3 is 14.8 Å². The number of carbonyl (C=O) groups is 2. The van der Waals surface area contributed by atoms with Crippen LogP contribution >= 0.6 is 11.6 Å². The molecule has 0 fully saturated rings. The molecule has 0 aliphatic heterocycles. The Bertz CT molecular complexity index is 528. The molecule has 0 radical (unpaired) electrons. The molecule has 6 heteroatoms. The van der Waals surface area contributed by atoms with Gasteiger partial charge in [-0.15, -0.1) is 11.6 Å². The number of amides is 1. The third kappa shape index (κ3) is 8.20. The lowest BCUT2D eigenvalue weighted by Gasteiger charge is -2.24. The second kappa shape index (κ2) is 9.52. The predicted octanol–water partition coefficient (Wildman–Crippen LogP) is 4.00. The van der Waals surface area contributed by atoms with Gasteiger partial charge in [0.1, 0.15) is 12.2 Å². The molecule has 1 aromatic carbocycles. The monoisotopic (exact) mass is 355 g/mol. The third-order valence-corrected chi connectivity index (χ3v) is 3.62. The Labute approximate surface area is 148 Å². The van der Waals surface area contributed by atoms with Gasteiger partial charge in [-0.1, -0.05) is 25.1 Å². The molecular weight excluding hydrogens is 330 g/mol. The van der Waals surface area contributed by atoms with Crippen molar-refractivity contribution in [3.05, 3.63) is 35.9 Å². The molecular formula is C18H26ClNO4. The van der Waals surface area contributed by atoms with Crippen LogP contribution in [0.5, 0.6) is 0 Å². The van der Waals surface area contributed by atoms with Gasteiger partial charge in [-0.3, -0.25) is 0 Å². The standard InChI is InChI=1S/C18H26ClNO4/c1-13(11-19)10-15(20-17(22)24-18(2,3)4)12-23-16(21)14-8-6-5-7-9-14/h5-9,13,15H,10-12H2,1-4H3,(H,20,22)/t13-,15+/m1/s1. The number of esters is 1. The van der Waals surface area contributed by atoms with Crippen molar-refractivity contribution in [2.24, 2.45) is 5.92 Å². The average molecular weight is 356 g/mol. The third-order valence-electron chi connectivity index (χ3n) is 3.10. The highest BCUT2D eigenvalue weighted by atomic mass is 35.5. The quantitative estimate of drug-likeness (QED) is 0.593. The van der Waals surface area contributed by atoms with E-state index in [1.807, 2.05) is 13.0 Å². The van der Waals surface area contributed by atoms with Crippen LogP contribution in [-0.2, 0) is 9.47 Å². The van der Waals surface area contributed by atoms with E-state index in [9.17, 15) is 9.59 Å². The van der Waals surface area contributed by atoms with E-state index in [1.165, 1.54) is 0 Å². The lowest BCUT2D eigenvalue weighted by atomic mass is 10.0. The van der Waals surface area contributed by atoms with Crippen molar-refractivity contribution in [2.75, 3.05) is 12.5 Å². The first-order valence-corrected chi connectivity index (χ1v) is 8.52. The van der Waals surface area contributed by atoms with E-state index >= 15 is 0 Å². The second-order valence-electron chi connectivity index (χ2n) is 6.80. The molecule has 1 N–H and O–H groups in total. The van der Waals surface area contributed by atoms with E-state index in [0.29, 0.717) is 17.9 Å². The molecule has 134 valence electrons. The minimum absolute atomic E-state index is 0.0637. The Morgan fingerprint density at radius 1 is 1.21 bits per heavy atom. The summed E-state index contributed by atoms with van der Waals surface area (Å²) in [5.74, 6) is 0.200. The van der Waals surface area contributed by atoms with E-state index in [1.54, 1.807) is 45.0 Å². The smallest absolute Gasteiger partial charge is 0.407 e. The van der Waals surface area contributed by atoms with Crippen LogP contribution in [0, 0.1) is 5.92 Å². The molecule has 0 aromatic heterocycles. The molecule has 0 saturated heterocycles. The van der Waals surface area contributed by atoms with Gasteiger partial charge in [-0.05, 0) is 45.2 Å². The summed E-state index contributed by atoms with van der Waals surface area (Å²) in [6.45, 7) is 7.40. The second-order valence-corrected chi connectivity index (χ2v) is 7.11. The van der Waals surface area contributed by atoms with Crippen LogP contribution in [0.1, 0.15) is 44.5 Å².